The van der Waals surface area contributed by atoms with Gasteiger partial charge in [-0.25, -0.2) is 0 Å². The predicted molar refractivity (Wildman–Crippen MR) is 83.7 cm³/mol. The summed E-state index contributed by atoms with van der Waals surface area (Å²) >= 11 is 0. The Morgan fingerprint density at radius 3 is 2.55 bits per heavy atom. The monoisotopic (exact) mass is 264 g/mol. The van der Waals surface area contributed by atoms with Gasteiger partial charge in [0.1, 0.15) is 12.4 Å². The van der Waals surface area contributed by atoms with E-state index in [-0.39, 0.29) is 0 Å². The molecule has 2 aromatic rings. The average molecular weight is 264 g/mol. The summed E-state index contributed by atoms with van der Waals surface area (Å²) in [6.07, 6.45) is 1.92. The maximum Gasteiger partial charge on any atom is 0.120 e. The van der Waals surface area contributed by atoms with Crippen LogP contribution >= 0.6 is 0 Å². The zero-order valence-electron chi connectivity index (χ0n) is 12.1. The molecule has 0 N–H and O–H groups in total. The number of hydrogen-bond acceptors (Lipinski definition) is 1. The lowest BCUT2D eigenvalue weighted by Gasteiger charge is -2.09. The second kappa shape index (κ2) is 7.40. The van der Waals surface area contributed by atoms with Gasteiger partial charge < -0.3 is 4.74 Å². The van der Waals surface area contributed by atoms with Crippen molar-refractivity contribution in [2.45, 2.75) is 33.3 Å². The van der Waals surface area contributed by atoms with Crippen LogP contribution in [0.25, 0.3) is 0 Å². The summed E-state index contributed by atoms with van der Waals surface area (Å²) in [5.41, 5.74) is 3.81. The maximum atomic E-state index is 5.83. The molecule has 2 rings (SSSR count). The van der Waals surface area contributed by atoms with Crippen molar-refractivity contribution in [3.05, 3.63) is 65.2 Å². The summed E-state index contributed by atoms with van der Waals surface area (Å²) in [6, 6.07) is 16.5. The van der Waals surface area contributed by atoms with Gasteiger partial charge in [0.05, 0.1) is 0 Å². The van der Waals surface area contributed by atoms with Crippen LogP contribution in [0.1, 0.15) is 30.0 Å². The molecule has 0 aliphatic carbocycles. The molecule has 0 saturated heterocycles. The van der Waals surface area contributed by atoms with E-state index < -0.39 is 0 Å². The average Bonchev–Trinajstić information content (AvgIpc) is 2.48. The molecule has 1 nitrogen and oxygen atoms in total. The summed E-state index contributed by atoms with van der Waals surface area (Å²) in [4.78, 5) is 0. The molecule has 0 fully saturated rings. The molecule has 0 aliphatic heterocycles. The van der Waals surface area contributed by atoms with Crippen LogP contribution in [0.2, 0.25) is 0 Å². The predicted octanol–water partition coefficient (Wildman–Crippen LogP) is 4.53. The van der Waals surface area contributed by atoms with E-state index in [0.29, 0.717) is 6.61 Å². The van der Waals surface area contributed by atoms with Gasteiger partial charge in [-0.3, -0.25) is 0 Å². The molecule has 0 amide bonds. The Morgan fingerprint density at radius 2 is 1.85 bits per heavy atom. The van der Waals surface area contributed by atoms with Crippen molar-refractivity contribution >= 4 is 0 Å². The van der Waals surface area contributed by atoms with Gasteiger partial charge in [-0.15, -0.1) is 11.8 Å². The number of rotatable bonds is 5. The lowest BCUT2D eigenvalue weighted by molar-refractivity contribution is 0.306. The molecular weight excluding hydrogens is 244 g/mol. The molecule has 0 atom stereocenters. The first-order valence-electron chi connectivity index (χ1n) is 6.95. The first-order chi connectivity index (χ1) is 9.79. The Kier molecular flexibility index (Phi) is 5.26. The molecule has 0 aromatic heterocycles. The molecule has 0 radical (unpaired) electrons. The highest BCUT2D eigenvalue weighted by molar-refractivity contribution is 5.35. The van der Waals surface area contributed by atoms with Gasteiger partial charge in [0.15, 0.2) is 0 Å². The van der Waals surface area contributed by atoms with Gasteiger partial charge >= 0.3 is 0 Å². The minimum Gasteiger partial charge on any atom is -0.489 e. The van der Waals surface area contributed by atoms with Crippen molar-refractivity contribution in [1.82, 2.24) is 0 Å². The largest absolute Gasteiger partial charge is 0.489 e. The summed E-state index contributed by atoms with van der Waals surface area (Å²) in [7, 11) is 0. The van der Waals surface area contributed by atoms with Gasteiger partial charge in [-0.05, 0) is 49.1 Å². The minimum absolute atomic E-state index is 0.612. The third-order valence-electron chi connectivity index (χ3n) is 3.26. The van der Waals surface area contributed by atoms with Crippen LogP contribution in [-0.4, -0.2) is 0 Å². The fourth-order valence-electron chi connectivity index (χ4n) is 2.10. The Balaban J connectivity index is 1.96. The fourth-order valence-corrected chi connectivity index (χ4v) is 2.10. The molecule has 2 aromatic carbocycles. The molecule has 0 aliphatic rings. The Hall–Kier alpha value is -2.20. The van der Waals surface area contributed by atoms with E-state index in [2.05, 4.69) is 43.0 Å². The lowest BCUT2D eigenvalue weighted by Crippen LogP contribution is -1.96. The highest BCUT2D eigenvalue weighted by Crippen LogP contribution is 2.19. The molecule has 0 bridgehead atoms. The van der Waals surface area contributed by atoms with Crippen LogP contribution in [0, 0.1) is 18.8 Å². The molecule has 0 saturated carbocycles. The molecule has 0 unspecified atom stereocenters. The fraction of sp³-hybridized carbons (Fsp3) is 0.263. The maximum absolute atomic E-state index is 5.83. The second-order valence-electron chi connectivity index (χ2n) is 4.79. The summed E-state index contributed by atoms with van der Waals surface area (Å²) in [6.45, 7) is 4.62. The number of aryl methyl sites for hydroxylation is 2. The third kappa shape index (κ3) is 4.17. The first kappa shape index (κ1) is 14.2. The normalized spacial score (nSPS) is 9.70. The summed E-state index contributed by atoms with van der Waals surface area (Å²) < 4.78 is 5.83. The van der Waals surface area contributed by atoms with Crippen LogP contribution < -0.4 is 4.74 Å². The van der Waals surface area contributed by atoms with Crippen LogP contribution in [0.15, 0.2) is 48.5 Å². The van der Waals surface area contributed by atoms with Gasteiger partial charge in [0.25, 0.3) is 0 Å². The van der Waals surface area contributed by atoms with Crippen molar-refractivity contribution in [2.24, 2.45) is 0 Å². The third-order valence-corrected chi connectivity index (χ3v) is 3.26. The molecular formula is C19H20O. The van der Waals surface area contributed by atoms with Crippen LogP contribution in [0.4, 0.5) is 0 Å². The molecule has 20 heavy (non-hydrogen) atoms. The van der Waals surface area contributed by atoms with E-state index in [0.717, 1.165) is 18.6 Å². The van der Waals surface area contributed by atoms with E-state index in [4.69, 9.17) is 4.74 Å². The standard InChI is InChI=1S/C19H20O/c1-3-4-6-11-18-12-13-19(14-16(18)2)20-15-17-9-7-5-8-10-17/h5,7-10,12-14H,6,11,15H2,1-2H3. The second-order valence-corrected chi connectivity index (χ2v) is 4.79. The quantitative estimate of drug-likeness (QED) is 0.721. The van der Waals surface area contributed by atoms with Crippen LogP contribution in [-0.2, 0) is 13.0 Å². The van der Waals surface area contributed by atoms with Crippen molar-refractivity contribution in [2.75, 3.05) is 0 Å². The van der Waals surface area contributed by atoms with Gasteiger partial charge in [0, 0.05) is 6.42 Å². The van der Waals surface area contributed by atoms with Gasteiger partial charge in [-0.1, -0.05) is 36.4 Å². The lowest BCUT2D eigenvalue weighted by atomic mass is 10.0. The Bertz CT molecular complexity index is 603. The number of ether oxygens (including phenoxy) is 1. The van der Waals surface area contributed by atoms with E-state index in [1.165, 1.54) is 16.7 Å². The molecule has 0 heterocycles. The highest BCUT2D eigenvalue weighted by atomic mass is 16.5. The Morgan fingerprint density at radius 1 is 1.05 bits per heavy atom. The zero-order chi connectivity index (χ0) is 14.2. The topological polar surface area (TPSA) is 9.23 Å². The van der Waals surface area contributed by atoms with Crippen LogP contribution in [0.5, 0.6) is 5.75 Å². The van der Waals surface area contributed by atoms with Crippen molar-refractivity contribution < 1.29 is 4.74 Å². The van der Waals surface area contributed by atoms with E-state index in [1.807, 2.05) is 31.2 Å². The van der Waals surface area contributed by atoms with E-state index >= 15 is 0 Å². The SMILES string of the molecule is CC#CCCc1ccc(OCc2ccccc2)cc1C. The minimum atomic E-state index is 0.612. The van der Waals surface area contributed by atoms with Gasteiger partial charge in [-0.2, -0.15) is 0 Å². The van der Waals surface area contributed by atoms with E-state index in [1.54, 1.807) is 0 Å². The van der Waals surface area contributed by atoms with E-state index in [9.17, 15) is 0 Å². The number of benzene rings is 2. The Labute approximate surface area is 121 Å². The van der Waals surface area contributed by atoms with Crippen molar-refractivity contribution in [3.63, 3.8) is 0 Å². The molecule has 1 heteroatoms. The molecule has 0 spiro atoms. The van der Waals surface area contributed by atoms with Gasteiger partial charge in [0.2, 0.25) is 0 Å². The number of hydrogen-bond donors (Lipinski definition) is 0. The van der Waals surface area contributed by atoms with Crippen LogP contribution in [0.3, 0.4) is 0 Å². The summed E-state index contributed by atoms with van der Waals surface area (Å²) in [5, 5.41) is 0. The smallest absolute Gasteiger partial charge is 0.120 e. The zero-order valence-corrected chi connectivity index (χ0v) is 12.1. The first-order valence-corrected chi connectivity index (χ1v) is 6.95. The highest BCUT2D eigenvalue weighted by Gasteiger charge is 2.01. The van der Waals surface area contributed by atoms with Crippen molar-refractivity contribution in [3.8, 4) is 17.6 Å². The molecule has 102 valence electrons. The summed E-state index contributed by atoms with van der Waals surface area (Å²) in [5.74, 6) is 6.96. The van der Waals surface area contributed by atoms with Crippen molar-refractivity contribution in [1.29, 1.82) is 0 Å².